The third-order valence-corrected chi connectivity index (χ3v) is 3.59. The maximum atomic E-state index is 12.9. The van der Waals surface area contributed by atoms with E-state index in [1.165, 1.54) is 12.1 Å². The van der Waals surface area contributed by atoms with Gasteiger partial charge in [0, 0.05) is 30.9 Å². The number of nitrogens with one attached hydrogen (secondary N) is 1. The van der Waals surface area contributed by atoms with Crippen molar-refractivity contribution >= 4 is 0 Å². The first-order valence-corrected chi connectivity index (χ1v) is 7.14. The van der Waals surface area contributed by atoms with Gasteiger partial charge in [-0.25, -0.2) is 4.39 Å². The zero-order valence-corrected chi connectivity index (χ0v) is 12.6. The van der Waals surface area contributed by atoms with Gasteiger partial charge in [0.25, 0.3) is 0 Å². The Morgan fingerprint density at radius 1 is 1.24 bits per heavy atom. The monoisotopic (exact) mass is 291 g/mol. The number of nitrogens with zero attached hydrogens (tertiary/aromatic N) is 2. The molecule has 5 heteroatoms. The van der Waals surface area contributed by atoms with Crippen molar-refractivity contribution in [2.75, 3.05) is 0 Å². The third-order valence-electron chi connectivity index (χ3n) is 3.59. The smallest absolute Gasteiger partial charge is 0.123 e. The average molecular weight is 291 g/mol. The van der Waals surface area contributed by atoms with Crippen molar-refractivity contribution < 1.29 is 9.50 Å². The van der Waals surface area contributed by atoms with Gasteiger partial charge in [0.1, 0.15) is 5.82 Å². The van der Waals surface area contributed by atoms with E-state index in [1.807, 2.05) is 26.4 Å². The largest absolute Gasteiger partial charge is 0.388 e. The summed E-state index contributed by atoms with van der Waals surface area (Å²) < 4.78 is 14.6. The molecule has 4 nitrogen and oxygen atoms in total. The fraction of sp³-hybridized carbons (Fsp3) is 0.438. The molecule has 2 aromatic rings. The van der Waals surface area contributed by atoms with Gasteiger partial charge in [-0.3, -0.25) is 4.68 Å². The highest BCUT2D eigenvalue weighted by atomic mass is 19.1. The molecule has 1 aromatic carbocycles. The number of hydrogen-bond donors (Lipinski definition) is 2. The molecule has 1 heterocycles. The van der Waals surface area contributed by atoms with Crippen molar-refractivity contribution in [2.45, 2.75) is 38.5 Å². The zero-order chi connectivity index (χ0) is 15.4. The summed E-state index contributed by atoms with van der Waals surface area (Å²) in [6.07, 6.45) is 3.77. The van der Waals surface area contributed by atoms with Gasteiger partial charge in [0.2, 0.25) is 0 Å². The van der Waals surface area contributed by atoms with Crippen LogP contribution in [0.2, 0.25) is 0 Å². The van der Waals surface area contributed by atoms with Crippen molar-refractivity contribution in [1.82, 2.24) is 15.1 Å². The summed E-state index contributed by atoms with van der Waals surface area (Å²) in [6, 6.07) is 6.27. The summed E-state index contributed by atoms with van der Waals surface area (Å²) in [4.78, 5) is 0. The molecule has 3 unspecified atom stereocenters. The molecule has 0 spiro atoms. The number of aromatic nitrogens is 2. The molecule has 2 rings (SSSR count). The fourth-order valence-corrected chi connectivity index (χ4v) is 2.41. The highest BCUT2D eigenvalue weighted by molar-refractivity contribution is 5.18. The lowest BCUT2D eigenvalue weighted by molar-refractivity contribution is 0.152. The van der Waals surface area contributed by atoms with Gasteiger partial charge in [0.05, 0.1) is 12.3 Å². The van der Waals surface area contributed by atoms with Gasteiger partial charge in [-0.1, -0.05) is 12.1 Å². The van der Waals surface area contributed by atoms with Crippen LogP contribution in [-0.2, 0) is 7.05 Å². The second-order valence-corrected chi connectivity index (χ2v) is 5.54. The van der Waals surface area contributed by atoms with Crippen LogP contribution in [-0.4, -0.2) is 20.9 Å². The normalized spacial score (nSPS) is 15.7. The molecule has 0 bridgehead atoms. The lowest BCUT2D eigenvalue weighted by atomic mass is 10.0. The zero-order valence-electron chi connectivity index (χ0n) is 12.6. The summed E-state index contributed by atoms with van der Waals surface area (Å²) in [5.41, 5.74) is 1.85. The maximum absolute atomic E-state index is 12.9. The van der Waals surface area contributed by atoms with Gasteiger partial charge in [0.15, 0.2) is 0 Å². The van der Waals surface area contributed by atoms with Crippen molar-refractivity contribution in [3.8, 4) is 0 Å². The molecule has 0 aliphatic rings. The summed E-state index contributed by atoms with van der Waals surface area (Å²) in [7, 11) is 1.89. The van der Waals surface area contributed by atoms with E-state index in [1.54, 1.807) is 16.8 Å². The molecule has 0 aliphatic carbocycles. The molecule has 0 aliphatic heterocycles. The Morgan fingerprint density at radius 2 is 1.90 bits per heavy atom. The molecule has 1 aromatic heterocycles. The molecule has 0 saturated heterocycles. The van der Waals surface area contributed by atoms with Crippen LogP contribution in [0.25, 0.3) is 0 Å². The number of rotatable bonds is 6. The predicted molar refractivity (Wildman–Crippen MR) is 80.2 cm³/mol. The highest BCUT2D eigenvalue weighted by Crippen LogP contribution is 2.20. The van der Waals surface area contributed by atoms with Crippen molar-refractivity contribution in [1.29, 1.82) is 0 Å². The average Bonchev–Trinajstić information content (AvgIpc) is 2.86. The maximum Gasteiger partial charge on any atom is 0.123 e. The van der Waals surface area contributed by atoms with Crippen LogP contribution in [0.3, 0.4) is 0 Å². The molecular weight excluding hydrogens is 269 g/mol. The SMILES string of the molecule is CC(CC(O)c1ccc(F)cc1)NC(C)c1cnn(C)c1. The van der Waals surface area contributed by atoms with E-state index in [-0.39, 0.29) is 17.9 Å². The van der Waals surface area contributed by atoms with Gasteiger partial charge in [-0.2, -0.15) is 5.10 Å². The molecule has 0 saturated carbocycles. The molecule has 114 valence electrons. The van der Waals surface area contributed by atoms with Gasteiger partial charge >= 0.3 is 0 Å². The topological polar surface area (TPSA) is 50.1 Å². The molecule has 0 fully saturated rings. The second-order valence-electron chi connectivity index (χ2n) is 5.54. The van der Waals surface area contributed by atoms with Crippen LogP contribution < -0.4 is 5.32 Å². The van der Waals surface area contributed by atoms with E-state index < -0.39 is 6.10 Å². The Hall–Kier alpha value is -1.72. The van der Waals surface area contributed by atoms with E-state index in [4.69, 9.17) is 0 Å². The quantitative estimate of drug-likeness (QED) is 0.860. The number of benzene rings is 1. The number of aryl methyl sites for hydroxylation is 1. The molecule has 3 atom stereocenters. The summed E-state index contributed by atoms with van der Waals surface area (Å²) in [6.45, 7) is 4.09. The summed E-state index contributed by atoms with van der Waals surface area (Å²) >= 11 is 0. The predicted octanol–water partition coefficient (Wildman–Crippen LogP) is 2.72. The lowest BCUT2D eigenvalue weighted by Crippen LogP contribution is -2.30. The molecule has 21 heavy (non-hydrogen) atoms. The van der Waals surface area contributed by atoms with E-state index in [2.05, 4.69) is 17.3 Å². The van der Waals surface area contributed by atoms with Crippen LogP contribution in [0.5, 0.6) is 0 Å². The molecule has 0 radical (unpaired) electrons. The van der Waals surface area contributed by atoms with E-state index >= 15 is 0 Å². The van der Waals surface area contributed by atoms with Crippen LogP contribution in [0.1, 0.15) is 43.5 Å². The summed E-state index contributed by atoms with van der Waals surface area (Å²) in [5.74, 6) is -0.290. The number of aliphatic hydroxyl groups is 1. The van der Waals surface area contributed by atoms with Crippen LogP contribution in [0.4, 0.5) is 4.39 Å². The minimum atomic E-state index is -0.603. The first kappa shape index (κ1) is 15.7. The third kappa shape index (κ3) is 4.37. The minimum absolute atomic E-state index is 0.125. The lowest BCUT2D eigenvalue weighted by Gasteiger charge is -2.22. The Balaban J connectivity index is 1.88. The Kier molecular flexibility index (Phi) is 5.09. The van der Waals surface area contributed by atoms with E-state index in [9.17, 15) is 9.50 Å². The number of aliphatic hydroxyl groups excluding tert-OH is 1. The molecule has 0 amide bonds. The minimum Gasteiger partial charge on any atom is -0.388 e. The summed E-state index contributed by atoms with van der Waals surface area (Å²) in [5, 5.41) is 17.8. The van der Waals surface area contributed by atoms with E-state index in [0.717, 1.165) is 11.1 Å². The van der Waals surface area contributed by atoms with Crippen LogP contribution >= 0.6 is 0 Å². The van der Waals surface area contributed by atoms with Crippen LogP contribution in [0, 0.1) is 5.82 Å². The standard InChI is InChI=1S/C16H22FN3O/c1-11(19-12(2)14-9-18-20(3)10-14)8-16(21)13-4-6-15(17)7-5-13/h4-7,9-12,16,19,21H,8H2,1-3H3. The van der Waals surface area contributed by atoms with Gasteiger partial charge < -0.3 is 10.4 Å². The Bertz CT molecular complexity index is 567. The van der Waals surface area contributed by atoms with Crippen molar-refractivity contribution in [3.63, 3.8) is 0 Å². The molecule has 2 N–H and O–H groups in total. The second kappa shape index (κ2) is 6.83. The number of halogens is 1. The van der Waals surface area contributed by atoms with Gasteiger partial charge in [-0.15, -0.1) is 0 Å². The molecular formula is C16H22FN3O. The fourth-order valence-electron chi connectivity index (χ4n) is 2.41. The first-order valence-electron chi connectivity index (χ1n) is 7.14. The van der Waals surface area contributed by atoms with Crippen molar-refractivity contribution in [3.05, 3.63) is 53.6 Å². The Labute approximate surface area is 124 Å². The van der Waals surface area contributed by atoms with Crippen molar-refractivity contribution in [2.24, 2.45) is 7.05 Å². The Morgan fingerprint density at radius 3 is 2.48 bits per heavy atom. The van der Waals surface area contributed by atoms with Gasteiger partial charge in [-0.05, 0) is 38.0 Å². The first-order chi connectivity index (χ1) is 9.95. The van der Waals surface area contributed by atoms with E-state index in [0.29, 0.717) is 6.42 Å². The van der Waals surface area contributed by atoms with Crippen LogP contribution in [0.15, 0.2) is 36.7 Å². The highest BCUT2D eigenvalue weighted by Gasteiger charge is 2.15. The number of hydrogen-bond acceptors (Lipinski definition) is 3.